The molecule has 0 saturated carbocycles. The van der Waals surface area contributed by atoms with Gasteiger partial charge in [0.05, 0.1) is 7.11 Å². The van der Waals surface area contributed by atoms with Crippen LogP contribution in [-0.4, -0.2) is 37.9 Å². The van der Waals surface area contributed by atoms with Crippen LogP contribution in [0.5, 0.6) is 11.6 Å². The van der Waals surface area contributed by atoms with Crippen molar-refractivity contribution in [3.05, 3.63) is 53.2 Å². The monoisotopic (exact) mass is 524 g/mol. The molecule has 1 aromatic carbocycles. The van der Waals surface area contributed by atoms with Crippen molar-refractivity contribution in [1.82, 2.24) is 15.6 Å². The number of aryl methyl sites for hydroxylation is 1. The summed E-state index contributed by atoms with van der Waals surface area (Å²) in [7, 11) is 3.15. The van der Waals surface area contributed by atoms with E-state index in [0.29, 0.717) is 23.9 Å². The van der Waals surface area contributed by atoms with E-state index in [2.05, 4.69) is 20.6 Å². The maximum atomic E-state index is 12.5. The van der Waals surface area contributed by atoms with Gasteiger partial charge in [0, 0.05) is 38.0 Å². The van der Waals surface area contributed by atoms with Gasteiger partial charge in [-0.05, 0) is 24.1 Å². The van der Waals surface area contributed by atoms with E-state index < -0.39 is 12.8 Å². The third-order valence-electron chi connectivity index (χ3n) is 3.75. The summed E-state index contributed by atoms with van der Waals surface area (Å²) in [5.74, 6) is 1.22. The second-order valence-corrected chi connectivity index (χ2v) is 6.00. The van der Waals surface area contributed by atoms with E-state index in [1.165, 1.54) is 0 Å². The second-order valence-electron chi connectivity index (χ2n) is 6.00. The first-order valence-corrected chi connectivity index (χ1v) is 8.53. The minimum atomic E-state index is -4.39. The summed E-state index contributed by atoms with van der Waals surface area (Å²) in [6.07, 6.45) is -2.71. The maximum Gasteiger partial charge on any atom is 0.422 e. The summed E-state index contributed by atoms with van der Waals surface area (Å²) in [5.41, 5.74) is 2.34. The summed E-state index contributed by atoms with van der Waals surface area (Å²) < 4.78 is 47.4. The summed E-state index contributed by atoms with van der Waals surface area (Å²) in [6.45, 7) is 1.19. The summed E-state index contributed by atoms with van der Waals surface area (Å²) >= 11 is 0. The number of ether oxygens (including phenoxy) is 2. The van der Waals surface area contributed by atoms with Gasteiger partial charge < -0.3 is 20.1 Å². The quantitative estimate of drug-likeness (QED) is 0.328. The SMILES string of the molecule is CN=C(NCc1ccc(OC)nc1)NCc1ccc(C)cc1OCC(F)(F)F.I. The number of benzene rings is 1. The standard InChI is InChI=1S/C19H23F3N4O2.HI/c1-13-4-6-15(16(8-13)28-12-19(20,21)22)11-26-18(23-2)25-10-14-5-7-17(27-3)24-9-14;/h4-9H,10-12H2,1-3H3,(H2,23,25,26);1H. The molecule has 0 unspecified atom stereocenters. The van der Waals surface area contributed by atoms with Gasteiger partial charge in [-0.2, -0.15) is 13.2 Å². The molecule has 2 aromatic rings. The molecule has 0 aliphatic carbocycles. The average Bonchev–Trinajstić information content (AvgIpc) is 2.67. The van der Waals surface area contributed by atoms with Crippen LogP contribution in [0.25, 0.3) is 0 Å². The van der Waals surface area contributed by atoms with Crippen molar-refractivity contribution in [2.45, 2.75) is 26.2 Å². The minimum absolute atomic E-state index is 0. The Bertz CT molecular complexity index is 799. The number of rotatable bonds is 7. The number of aliphatic imine (C=N–C) groups is 1. The van der Waals surface area contributed by atoms with Gasteiger partial charge in [0.25, 0.3) is 0 Å². The van der Waals surface area contributed by atoms with Crippen molar-refractivity contribution < 1.29 is 22.6 Å². The number of hydrogen-bond acceptors (Lipinski definition) is 4. The number of hydrogen-bond donors (Lipinski definition) is 2. The largest absolute Gasteiger partial charge is 0.484 e. The van der Waals surface area contributed by atoms with E-state index in [1.54, 1.807) is 45.5 Å². The Kier molecular flexibility index (Phi) is 9.99. The minimum Gasteiger partial charge on any atom is -0.484 e. The van der Waals surface area contributed by atoms with Crippen molar-refractivity contribution in [3.8, 4) is 11.6 Å². The normalized spacial score (nSPS) is 11.4. The van der Waals surface area contributed by atoms with Gasteiger partial charge >= 0.3 is 6.18 Å². The van der Waals surface area contributed by atoms with Crippen molar-refractivity contribution in [2.75, 3.05) is 20.8 Å². The van der Waals surface area contributed by atoms with Gasteiger partial charge in [-0.15, -0.1) is 24.0 Å². The first-order chi connectivity index (χ1) is 13.3. The highest BCUT2D eigenvalue weighted by molar-refractivity contribution is 14.0. The molecule has 0 bridgehead atoms. The molecule has 2 rings (SSSR count). The van der Waals surface area contributed by atoms with Crippen molar-refractivity contribution in [3.63, 3.8) is 0 Å². The summed E-state index contributed by atoms with van der Waals surface area (Å²) in [6, 6.07) is 8.76. The maximum absolute atomic E-state index is 12.5. The third kappa shape index (κ3) is 8.75. The fraction of sp³-hybridized carbons (Fsp3) is 0.368. The Morgan fingerprint density at radius 3 is 2.45 bits per heavy atom. The molecule has 10 heteroatoms. The molecule has 0 atom stereocenters. The van der Waals surface area contributed by atoms with Gasteiger partial charge in [0.1, 0.15) is 5.75 Å². The fourth-order valence-electron chi connectivity index (χ4n) is 2.32. The van der Waals surface area contributed by atoms with Crippen molar-refractivity contribution >= 4 is 29.9 Å². The first-order valence-electron chi connectivity index (χ1n) is 8.53. The Labute approximate surface area is 184 Å². The lowest BCUT2D eigenvalue weighted by molar-refractivity contribution is -0.153. The zero-order valence-corrected chi connectivity index (χ0v) is 18.7. The number of nitrogens with zero attached hydrogens (tertiary/aromatic N) is 2. The van der Waals surface area contributed by atoms with E-state index in [-0.39, 0.29) is 36.3 Å². The highest BCUT2D eigenvalue weighted by Gasteiger charge is 2.28. The van der Waals surface area contributed by atoms with Crippen LogP contribution in [0, 0.1) is 6.92 Å². The number of aromatic nitrogens is 1. The molecule has 0 amide bonds. The fourth-order valence-corrected chi connectivity index (χ4v) is 2.32. The van der Waals surface area contributed by atoms with Gasteiger partial charge in [0.15, 0.2) is 12.6 Å². The van der Waals surface area contributed by atoms with Gasteiger partial charge in [-0.25, -0.2) is 4.98 Å². The number of methoxy groups -OCH3 is 1. The van der Waals surface area contributed by atoms with Crippen LogP contribution >= 0.6 is 24.0 Å². The van der Waals surface area contributed by atoms with E-state index >= 15 is 0 Å². The zero-order valence-electron chi connectivity index (χ0n) is 16.3. The van der Waals surface area contributed by atoms with Crippen molar-refractivity contribution in [1.29, 1.82) is 0 Å². The van der Waals surface area contributed by atoms with Crippen LogP contribution < -0.4 is 20.1 Å². The summed E-state index contributed by atoms with van der Waals surface area (Å²) in [5, 5.41) is 6.19. The molecule has 2 N–H and O–H groups in total. The van der Waals surface area contributed by atoms with Crippen LogP contribution in [0.2, 0.25) is 0 Å². The lowest BCUT2D eigenvalue weighted by Gasteiger charge is -2.16. The smallest absolute Gasteiger partial charge is 0.422 e. The number of alkyl halides is 3. The molecule has 0 aliphatic rings. The number of guanidine groups is 1. The Hall–Kier alpha value is -2.24. The van der Waals surface area contributed by atoms with Crippen molar-refractivity contribution in [2.24, 2.45) is 4.99 Å². The molecule has 0 fully saturated rings. The molecular weight excluding hydrogens is 500 g/mol. The molecule has 6 nitrogen and oxygen atoms in total. The molecule has 29 heavy (non-hydrogen) atoms. The zero-order chi connectivity index (χ0) is 20.6. The topological polar surface area (TPSA) is 67.8 Å². The molecule has 0 saturated heterocycles. The average molecular weight is 524 g/mol. The van der Waals surface area contributed by atoms with E-state index in [9.17, 15) is 13.2 Å². The van der Waals surface area contributed by atoms with Crippen LogP contribution in [0.15, 0.2) is 41.5 Å². The lowest BCUT2D eigenvalue weighted by atomic mass is 10.1. The van der Waals surface area contributed by atoms with Crippen LogP contribution in [0.4, 0.5) is 13.2 Å². The highest BCUT2D eigenvalue weighted by atomic mass is 127. The van der Waals surface area contributed by atoms with E-state index in [1.807, 2.05) is 12.1 Å². The number of halogens is 4. The number of nitrogens with one attached hydrogen (secondary N) is 2. The molecule has 0 spiro atoms. The second kappa shape index (κ2) is 11.7. The molecule has 0 aliphatic heterocycles. The van der Waals surface area contributed by atoms with Crippen LogP contribution in [0.3, 0.4) is 0 Å². The highest BCUT2D eigenvalue weighted by Crippen LogP contribution is 2.23. The van der Waals surface area contributed by atoms with E-state index in [4.69, 9.17) is 9.47 Å². The van der Waals surface area contributed by atoms with Crippen LogP contribution in [0.1, 0.15) is 16.7 Å². The van der Waals surface area contributed by atoms with Gasteiger partial charge in [-0.3, -0.25) is 4.99 Å². The molecule has 0 radical (unpaired) electrons. The van der Waals surface area contributed by atoms with Crippen LogP contribution in [-0.2, 0) is 13.1 Å². The molecule has 1 aromatic heterocycles. The molecule has 1 heterocycles. The molecule has 160 valence electrons. The van der Waals surface area contributed by atoms with Gasteiger partial charge in [0.2, 0.25) is 5.88 Å². The predicted octanol–water partition coefficient (Wildman–Crippen LogP) is 3.82. The first kappa shape index (κ1) is 24.8. The molecular formula is C19H24F3IN4O2. The van der Waals surface area contributed by atoms with Gasteiger partial charge in [-0.1, -0.05) is 18.2 Å². The Balaban J connectivity index is 0.00000420. The number of pyridine rings is 1. The van der Waals surface area contributed by atoms with E-state index in [0.717, 1.165) is 11.1 Å². The third-order valence-corrected chi connectivity index (χ3v) is 3.75. The lowest BCUT2D eigenvalue weighted by Crippen LogP contribution is -2.36. The summed E-state index contributed by atoms with van der Waals surface area (Å²) in [4.78, 5) is 8.24. The predicted molar refractivity (Wildman–Crippen MR) is 116 cm³/mol. The Morgan fingerprint density at radius 2 is 1.86 bits per heavy atom. The Morgan fingerprint density at radius 1 is 1.14 bits per heavy atom.